The van der Waals surface area contributed by atoms with Gasteiger partial charge >= 0.3 is 0 Å². The summed E-state index contributed by atoms with van der Waals surface area (Å²) in [7, 11) is 0. The molecule has 2 nitrogen and oxygen atoms in total. The van der Waals surface area contributed by atoms with Crippen LogP contribution in [0, 0.1) is 5.92 Å². The fourth-order valence-electron chi connectivity index (χ4n) is 1.52. The highest BCUT2D eigenvalue weighted by Crippen LogP contribution is 2.16. The first-order chi connectivity index (χ1) is 6.22. The van der Waals surface area contributed by atoms with Gasteiger partial charge < -0.3 is 5.73 Å². The molecule has 2 N–H and O–H groups in total. The first-order valence-corrected chi connectivity index (χ1v) is 5.51. The SMILES string of the molecule is CCCCCC(CCCC)C(N)=O. The molecular formula is C11H23NO. The zero-order chi connectivity index (χ0) is 10.1. The average Bonchev–Trinajstić information content (AvgIpc) is 2.10. The van der Waals surface area contributed by atoms with E-state index in [-0.39, 0.29) is 11.8 Å². The van der Waals surface area contributed by atoms with E-state index in [9.17, 15) is 4.79 Å². The summed E-state index contributed by atoms with van der Waals surface area (Å²) in [5, 5.41) is 0. The van der Waals surface area contributed by atoms with Gasteiger partial charge in [-0.05, 0) is 12.8 Å². The van der Waals surface area contributed by atoms with E-state index >= 15 is 0 Å². The van der Waals surface area contributed by atoms with Gasteiger partial charge in [0.05, 0.1) is 0 Å². The predicted octanol–water partition coefficient (Wildman–Crippen LogP) is 2.86. The molecule has 0 spiro atoms. The van der Waals surface area contributed by atoms with Gasteiger partial charge in [-0.2, -0.15) is 0 Å². The quantitative estimate of drug-likeness (QED) is 0.580. The van der Waals surface area contributed by atoms with Crippen LogP contribution in [0.4, 0.5) is 0 Å². The Balaban J connectivity index is 3.61. The Morgan fingerprint density at radius 1 is 1.08 bits per heavy atom. The van der Waals surface area contributed by atoms with Crippen LogP contribution in [0.2, 0.25) is 0 Å². The molecule has 0 heterocycles. The fourth-order valence-corrected chi connectivity index (χ4v) is 1.52. The van der Waals surface area contributed by atoms with E-state index in [0.29, 0.717) is 0 Å². The lowest BCUT2D eigenvalue weighted by molar-refractivity contribution is -0.122. The molecule has 78 valence electrons. The molecule has 0 aliphatic heterocycles. The van der Waals surface area contributed by atoms with Crippen LogP contribution >= 0.6 is 0 Å². The maximum absolute atomic E-state index is 11.0. The fraction of sp³-hybridized carbons (Fsp3) is 0.909. The van der Waals surface area contributed by atoms with Gasteiger partial charge in [-0.3, -0.25) is 4.79 Å². The van der Waals surface area contributed by atoms with Crippen molar-refractivity contribution < 1.29 is 4.79 Å². The molecule has 0 aromatic heterocycles. The van der Waals surface area contributed by atoms with Crippen LogP contribution in [0.5, 0.6) is 0 Å². The number of carbonyl (C=O) groups is 1. The number of hydrogen-bond acceptors (Lipinski definition) is 1. The topological polar surface area (TPSA) is 43.1 Å². The van der Waals surface area contributed by atoms with Gasteiger partial charge in [0.1, 0.15) is 0 Å². The maximum Gasteiger partial charge on any atom is 0.220 e. The smallest absolute Gasteiger partial charge is 0.220 e. The van der Waals surface area contributed by atoms with Crippen LogP contribution in [0.25, 0.3) is 0 Å². The van der Waals surface area contributed by atoms with Gasteiger partial charge in [0.15, 0.2) is 0 Å². The number of primary amides is 1. The van der Waals surface area contributed by atoms with Gasteiger partial charge in [0.2, 0.25) is 5.91 Å². The molecule has 2 heteroatoms. The Kier molecular flexibility index (Phi) is 7.76. The average molecular weight is 185 g/mol. The monoisotopic (exact) mass is 185 g/mol. The zero-order valence-corrected chi connectivity index (χ0v) is 9.01. The van der Waals surface area contributed by atoms with Crippen molar-refractivity contribution in [3.05, 3.63) is 0 Å². The van der Waals surface area contributed by atoms with Crippen LogP contribution in [0.1, 0.15) is 58.8 Å². The van der Waals surface area contributed by atoms with E-state index in [1.165, 1.54) is 12.8 Å². The molecular weight excluding hydrogens is 162 g/mol. The molecule has 0 aromatic rings. The second-order valence-electron chi connectivity index (χ2n) is 3.74. The van der Waals surface area contributed by atoms with Crippen LogP contribution in [0.3, 0.4) is 0 Å². The van der Waals surface area contributed by atoms with E-state index < -0.39 is 0 Å². The normalized spacial score (nSPS) is 12.8. The third-order valence-corrected chi connectivity index (χ3v) is 2.46. The van der Waals surface area contributed by atoms with Crippen LogP contribution in [-0.4, -0.2) is 5.91 Å². The van der Waals surface area contributed by atoms with Crippen LogP contribution in [-0.2, 0) is 4.79 Å². The highest BCUT2D eigenvalue weighted by atomic mass is 16.1. The number of hydrogen-bond donors (Lipinski definition) is 1. The number of nitrogens with two attached hydrogens (primary N) is 1. The van der Waals surface area contributed by atoms with Gasteiger partial charge in [-0.1, -0.05) is 46.0 Å². The highest BCUT2D eigenvalue weighted by Gasteiger charge is 2.13. The molecule has 1 atom stereocenters. The van der Waals surface area contributed by atoms with Crippen molar-refractivity contribution in [1.82, 2.24) is 0 Å². The zero-order valence-electron chi connectivity index (χ0n) is 9.01. The minimum Gasteiger partial charge on any atom is -0.369 e. The Bertz CT molecular complexity index is 134. The van der Waals surface area contributed by atoms with Crippen molar-refractivity contribution in [2.24, 2.45) is 11.7 Å². The van der Waals surface area contributed by atoms with Crippen molar-refractivity contribution >= 4 is 5.91 Å². The Morgan fingerprint density at radius 2 is 1.62 bits per heavy atom. The van der Waals surface area contributed by atoms with Gasteiger partial charge in [-0.25, -0.2) is 0 Å². The van der Waals surface area contributed by atoms with Crippen molar-refractivity contribution in [3.8, 4) is 0 Å². The van der Waals surface area contributed by atoms with E-state index in [1.807, 2.05) is 0 Å². The lowest BCUT2D eigenvalue weighted by Crippen LogP contribution is -2.23. The summed E-state index contributed by atoms with van der Waals surface area (Å²) < 4.78 is 0. The minimum atomic E-state index is -0.107. The predicted molar refractivity (Wildman–Crippen MR) is 56.4 cm³/mol. The van der Waals surface area contributed by atoms with E-state index in [1.54, 1.807) is 0 Å². The number of amides is 1. The van der Waals surface area contributed by atoms with Crippen LogP contribution < -0.4 is 5.73 Å². The van der Waals surface area contributed by atoms with Crippen LogP contribution in [0.15, 0.2) is 0 Å². The number of unbranched alkanes of at least 4 members (excludes halogenated alkanes) is 3. The summed E-state index contributed by atoms with van der Waals surface area (Å²) >= 11 is 0. The standard InChI is InChI=1S/C11H23NO/c1-3-5-7-9-10(11(12)13)8-6-4-2/h10H,3-9H2,1-2H3,(H2,12,13). The first kappa shape index (κ1) is 12.5. The van der Waals surface area contributed by atoms with Crippen molar-refractivity contribution in [1.29, 1.82) is 0 Å². The molecule has 1 amide bonds. The summed E-state index contributed by atoms with van der Waals surface area (Å²) in [6.07, 6.45) is 7.82. The molecule has 0 fully saturated rings. The van der Waals surface area contributed by atoms with Crippen molar-refractivity contribution in [2.75, 3.05) is 0 Å². The molecule has 13 heavy (non-hydrogen) atoms. The maximum atomic E-state index is 11.0. The number of rotatable bonds is 8. The van der Waals surface area contributed by atoms with E-state index in [0.717, 1.165) is 32.1 Å². The Labute approximate surface area is 81.9 Å². The molecule has 0 bridgehead atoms. The second kappa shape index (κ2) is 8.09. The second-order valence-corrected chi connectivity index (χ2v) is 3.74. The molecule has 0 radical (unpaired) electrons. The summed E-state index contributed by atoms with van der Waals surface area (Å²) in [6.45, 7) is 4.31. The minimum absolute atomic E-state index is 0.107. The van der Waals surface area contributed by atoms with E-state index in [4.69, 9.17) is 5.73 Å². The third-order valence-electron chi connectivity index (χ3n) is 2.46. The largest absolute Gasteiger partial charge is 0.369 e. The van der Waals surface area contributed by atoms with Gasteiger partial charge in [0, 0.05) is 5.92 Å². The first-order valence-electron chi connectivity index (χ1n) is 5.51. The lowest BCUT2D eigenvalue weighted by Gasteiger charge is -2.11. The molecule has 0 aliphatic carbocycles. The van der Waals surface area contributed by atoms with Gasteiger partial charge in [-0.15, -0.1) is 0 Å². The summed E-state index contributed by atoms with van der Waals surface area (Å²) in [6, 6.07) is 0. The Hall–Kier alpha value is -0.530. The van der Waals surface area contributed by atoms with Crippen molar-refractivity contribution in [2.45, 2.75) is 58.8 Å². The highest BCUT2D eigenvalue weighted by molar-refractivity contribution is 5.76. The summed E-state index contributed by atoms with van der Waals surface area (Å²) in [5.74, 6) is 0.0241. The Morgan fingerprint density at radius 3 is 2.08 bits per heavy atom. The molecule has 0 rings (SSSR count). The van der Waals surface area contributed by atoms with Crippen molar-refractivity contribution in [3.63, 3.8) is 0 Å². The molecule has 0 saturated carbocycles. The molecule has 1 unspecified atom stereocenters. The molecule has 0 aliphatic rings. The lowest BCUT2D eigenvalue weighted by atomic mass is 9.95. The number of carbonyl (C=O) groups excluding carboxylic acids is 1. The van der Waals surface area contributed by atoms with Gasteiger partial charge in [0.25, 0.3) is 0 Å². The summed E-state index contributed by atoms with van der Waals surface area (Å²) in [5.41, 5.74) is 5.32. The van der Waals surface area contributed by atoms with E-state index in [2.05, 4.69) is 13.8 Å². The third kappa shape index (κ3) is 6.62. The summed E-state index contributed by atoms with van der Waals surface area (Å²) in [4.78, 5) is 11.0. The molecule has 0 aromatic carbocycles. The molecule has 0 saturated heterocycles.